The van der Waals surface area contributed by atoms with Gasteiger partial charge in [-0.3, -0.25) is 4.57 Å². The van der Waals surface area contributed by atoms with Gasteiger partial charge in [0.25, 0.3) is 0 Å². The number of fused-ring (bicyclic) bond motifs is 1. The van der Waals surface area contributed by atoms with Gasteiger partial charge >= 0.3 is 0 Å². The Morgan fingerprint density at radius 3 is 2.74 bits per heavy atom. The van der Waals surface area contributed by atoms with E-state index >= 15 is 0 Å². The van der Waals surface area contributed by atoms with E-state index in [9.17, 15) is 4.39 Å². The summed E-state index contributed by atoms with van der Waals surface area (Å²) in [5.74, 6) is -0.0455. The Morgan fingerprint density at radius 1 is 1.21 bits per heavy atom. The second-order valence-corrected chi connectivity index (χ2v) is 5.30. The highest BCUT2D eigenvalue weighted by Crippen LogP contribution is 2.29. The number of benzene rings is 2. The summed E-state index contributed by atoms with van der Waals surface area (Å²) in [6, 6.07) is 9.73. The van der Waals surface area contributed by atoms with E-state index in [4.69, 9.17) is 17.3 Å². The molecule has 3 aromatic rings. The number of imidazole rings is 1. The molecule has 0 unspecified atom stereocenters. The van der Waals surface area contributed by atoms with Crippen LogP contribution < -0.4 is 5.73 Å². The van der Waals surface area contributed by atoms with Gasteiger partial charge in [-0.05, 0) is 46.3 Å². The maximum Gasteiger partial charge on any atom is 0.205 e. The van der Waals surface area contributed by atoms with E-state index in [1.54, 1.807) is 16.7 Å². The largest absolute Gasteiger partial charge is 0.369 e. The second-order valence-electron chi connectivity index (χ2n) is 4.04. The molecule has 0 atom stereocenters. The zero-order valence-corrected chi connectivity index (χ0v) is 11.9. The van der Waals surface area contributed by atoms with Crippen molar-refractivity contribution in [3.8, 4) is 5.69 Å². The van der Waals surface area contributed by atoms with Crippen LogP contribution in [-0.4, -0.2) is 9.55 Å². The van der Waals surface area contributed by atoms with E-state index in [0.717, 1.165) is 10.2 Å². The van der Waals surface area contributed by atoms with Crippen LogP contribution in [0.15, 0.2) is 40.9 Å². The molecular weight excluding hydrogens is 333 g/mol. The molecule has 0 saturated carbocycles. The lowest BCUT2D eigenvalue weighted by molar-refractivity contribution is 0.629. The highest BCUT2D eigenvalue weighted by Gasteiger charge is 2.11. The Hall–Kier alpha value is -1.59. The molecule has 0 saturated heterocycles. The summed E-state index contributed by atoms with van der Waals surface area (Å²) in [5.41, 5.74) is 7.88. The Labute approximate surface area is 121 Å². The van der Waals surface area contributed by atoms with Crippen LogP contribution in [0.3, 0.4) is 0 Å². The number of nitrogens with two attached hydrogens (primary N) is 1. The van der Waals surface area contributed by atoms with E-state index in [-0.39, 0.29) is 5.82 Å². The van der Waals surface area contributed by atoms with Crippen LogP contribution >= 0.6 is 27.5 Å². The predicted octanol–water partition coefficient (Wildman–Crippen LogP) is 4.16. The van der Waals surface area contributed by atoms with E-state index < -0.39 is 0 Å². The van der Waals surface area contributed by atoms with Gasteiger partial charge in [0.15, 0.2) is 0 Å². The van der Waals surface area contributed by atoms with Crippen molar-refractivity contribution >= 4 is 44.5 Å². The molecule has 3 nitrogen and oxygen atoms in total. The first-order chi connectivity index (χ1) is 9.06. The number of nitrogens with zero attached hydrogens (tertiary/aromatic N) is 2. The van der Waals surface area contributed by atoms with Crippen LogP contribution in [-0.2, 0) is 0 Å². The van der Waals surface area contributed by atoms with Crippen LogP contribution in [0.25, 0.3) is 16.7 Å². The highest BCUT2D eigenvalue weighted by molar-refractivity contribution is 9.10. The van der Waals surface area contributed by atoms with Gasteiger partial charge in [0.2, 0.25) is 5.95 Å². The van der Waals surface area contributed by atoms with E-state index in [0.29, 0.717) is 22.0 Å². The van der Waals surface area contributed by atoms with Crippen LogP contribution in [0.5, 0.6) is 0 Å². The molecule has 3 rings (SSSR count). The monoisotopic (exact) mass is 339 g/mol. The molecule has 0 bridgehead atoms. The van der Waals surface area contributed by atoms with Gasteiger partial charge in [-0.1, -0.05) is 11.6 Å². The Kier molecular flexibility index (Phi) is 2.95. The van der Waals surface area contributed by atoms with Crippen molar-refractivity contribution in [1.29, 1.82) is 0 Å². The van der Waals surface area contributed by atoms with Crippen LogP contribution in [0.2, 0.25) is 5.02 Å². The zero-order valence-electron chi connectivity index (χ0n) is 9.57. The lowest BCUT2D eigenvalue weighted by atomic mass is 10.2. The van der Waals surface area contributed by atoms with Gasteiger partial charge < -0.3 is 5.73 Å². The number of nitrogen functional groups attached to an aromatic ring is 1. The fourth-order valence-electron chi connectivity index (χ4n) is 1.96. The summed E-state index contributed by atoms with van der Waals surface area (Å²) in [5, 5.41) is 0.551. The molecule has 2 N–H and O–H groups in total. The van der Waals surface area contributed by atoms with E-state index in [1.807, 2.05) is 12.1 Å². The van der Waals surface area contributed by atoms with Crippen molar-refractivity contribution in [3.63, 3.8) is 0 Å². The first-order valence-corrected chi connectivity index (χ1v) is 6.62. The molecule has 0 amide bonds. The Balaban J connectivity index is 2.31. The summed E-state index contributed by atoms with van der Waals surface area (Å²) < 4.78 is 15.8. The molecule has 0 aliphatic heterocycles. The van der Waals surface area contributed by atoms with Crippen LogP contribution in [0.4, 0.5) is 10.3 Å². The van der Waals surface area contributed by atoms with Gasteiger partial charge in [-0.15, -0.1) is 0 Å². The second kappa shape index (κ2) is 4.51. The van der Waals surface area contributed by atoms with E-state index in [1.165, 1.54) is 12.1 Å². The van der Waals surface area contributed by atoms with Crippen LogP contribution in [0, 0.1) is 5.82 Å². The number of halogens is 3. The molecule has 0 aliphatic carbocycles. The summed E-state index contributed by atoms with van der Waals surface area (Å²) in [6.07, 6.45) is 0. The predicted molar refractivity (Wildman–Crippen MR) is 78.2 cm³/mol. The van der Waals surface area contributed by atoms with Crippen molar-refractivity contribution < 1.29 is 4.39 Å². The number of rotatable bonds is 1. The fraction of sp³-hybridized carbons (Fsp3) is 0. The molecule has 96 valence electrons. The van der Waals surface area contributed by atoms with Crippen LogP contribution in [0.1, 0.15) is 0 Å². The maximum atomic E-state index is 13.4. The molecule has 1 heterocycles. The lowest BCUT2D eigenvalue weighted by Crippen LogP contribution is -2.00. The summed E-state index contributed by atoms with van der Waals surface area (Å²) in [4.78, 5) is 4.20. The highest BCUT2D eigenvalue weighted by atomic mass is 79.9. The quantitative estimate of drug-likeness (QED) is 0.723. The molecule has 2 aromatic carbocycles. The van der Waals surface area contributed by atoms with Gasteiger partial charge in [-0.25, -0.2) is 9.37 Å². The standard InChI is InChI=1S/C13H8BrClFN3/c14-9-3-2-8(6-10(9)15)19-12-5-7(16)1-4-11(12)18-13(19)17/h1-6H,(H2,17,18). The normalized spacial score (nSPS) is 11.1. The SMILES string of the molecule is Nc1nc2ccc(F)cc2n1-c1ccc(Br)c(Cl)c1. The van der Waals surface area contributed by atoms with Crippen molar-refractivity contribution in [2.24, 2.45) is 0 Å². The molecule has 6 heteroatoms. The summed E-state index contributed by atoms with van der Waals surface area (Å²) >= 11 is 9.39. The number of hydrogen-bond acceptors (Lipinski definition) is 2. The molecule has 19 heavy (non-hydrogen) atoms. The molecule has 0 spiro atoms. The Morgan fingerprint density at radius 2 is 2.00 bits per heavy atom. The third kappa shape index (κ3) is 2.09. The zero-order chi connectivity index (χ0) is 13.6. The fourth-order valence-corrected chi connectivity index (χ4v) is 2.38. The molecular formula is C13H8BrClFN3. The molecule has 0 radical (unpaired) electrons. The minimum atomic E-state index is -0.336. The Bertz CT molecular complexity index is 785. The molecule has 0 aliphatic rings. The molecule has 0 fully saturated rings. The maximum absolute atomic E-state index is 13.4. The number of hydrogen-bond donors (Lipinski definition) is 1. The number of anilines is 1. The average molecular weight is 341 g/mol. The summed E-state index contributed by atoms with van der Waals surface area (Å²) in [6.45, 7) is 0. The van der Waals surface area contributed by atoms with Crippen molar-refractivity contribution in [2.45, 2.75) is 0 Å². The van der Waals surface area contributed by atoms with Crippen molar-refractivity contribution in [1.82, 2.24) is 9.55 Å². The van der Waals surface area contributed by atoms with Crippen molar-refractivity contribution in [3.05, 3.63) is 51.7 Å². The minimum Gasteiger partial charge on any atom is -0.369 e. The van der Waals surface area contributed by atoms with Gasteiger partial charge in [0.1, 0.15) is 5.82 Å². The minimum absolute atomic E-state index is 0.291. The first-order valence-electron chi connectivity index (χ1n) is 5.45. The van der Waals surface area contributed by atoms with Crippen molar-refractivity contribution in [2.75, 3.05) is 5.73 Å². The third-order valence-corrected chi connectivity index (χ3v) is 4.04. The number of aromatic nitrogens is 2. The lowest BCUT2D eigenvalue weighted by Gasteiger charge is -2.07. The van der Waals surface area contributed by atoms with Gasteiger partial charge in [0, 0.05) is 10.5 Å². The third-order valence-electron chi connectivity index (χ3n) is 2.80. The molecule has 1 aromatic heterocycles. The average Bonchev–Trinajstić information content (AvgIpc) is 2.68. The topological polar surface area (TPSA) is 43.8 Å². The van der Waals surface area contributed by atoms with Gasteiger partial charge in [0.05, 0.1) is 21.7 Å². The van der Waals surface area contributed by atoms with Gasteiger partial charge in [-0.2, -0.15) is 0 Å². The summed E-state index contributed by atoms with van der Waals surface area (Å²) in [7, 11) is 0. The first kappa shape index (κ1) is 12.4. The smallest absolute Gasteiger partial charge is 0.205 e. The van der Waals surface area contributed by atoms with E-state index in [2.05, 4.69) is 20.9 Å².